The molecule has 1 aromatic rings. The highest BCUT2D eigenvalue weighted by atomic mass is 16.5. The Kier molecular flexibility index (Phi) is 12.4. The van der Waals surface area contributed by atoms with Gasteiger partial charge >= 0.3 is 0 Å². The highest BCUT2D eigenvalue weighted by Crippen LogP contribution is 2.27. The van der Waals surface area contributed by atoms with E-state index in [0.717, 1.165) is 76.4 Å². The smallest absolute Gasteiger partial charge is 0.120 e. The maximum absolute atomic E-state index is 6.02. The molecule has 0 aliphatic carbocycles. The van der Waals surface area contributed by atoms with Crippen LogP contribution in [0.2, 0.25) is 0 Å². The van der Waals surface area contributed by atoms with E-state index in [0.29, 0.717) is 6.61 Å². The highest BCUT2D eigenvalue weighted by molar-refractivity contribution is 5.93. The molecule has 0 saturated heterocycles. The van der Waals surface area contributed by atoms with Crippen molar-refractivity contribution in [2.45, 2.75) is 65.3 Å². The summed E-state index contributed by atoms with van der Waals surface area (Å²) in [6.45, 7) is 17.1. The third kappa shape index (κ3) is 10.8. The van der Waals surface area contributed by atoms with Crippen LogP contribution < -0.4 is 15.8 Å². The van der Waals surface area contributed by atoms with E-state index in [2.05, 4.69) is 58.7 Å². The minimum Gasteiger partial charge on any atom is -0.494 e. The maximum atomic E-state index is 6.02. The zero-order chi connectivity index (χ0) is 23.9. The van der Waals surface area contributed by atoms with E-state index < -0.39 is 0 Å². The molecular weight excluding hydrogens is 408 g/mol. The van der Waals surface area contributed by atoms with Gasteiger partial charge < -0.3 is 20.7 Å². The van der Waals surface area contributed by atoms with Gasteiger partial charge in [-0.1, -0.05) is 30.7 Å². The number of nitrogens with zero attached hydrogens (tertiary/aromatic N) is 2. The van der Waals surface area contributed by atoms with Gasteiger partial charge in [0.25, 0.3) is 0 Å². The van der Waals surface area contributed by atoms with Crippen LogP contribution >= 0.6 is 0 Å². The lowest BCUT2D eigenvalue weighted by Gasteiger charge is -2.25. The molecule has 1 aromatic carbocycles. The molecule has 33 heavy (non-hydrogen) atoms. The number of unbranched alkanes of at least 4 members (excludes halogenated alkanes) is 2. The number of hydrogen-bond donors (Lipinski definition) is 2. The normalized spacial score (nSPS) is 15.1. The van der Waals surface area contributed by atoms with Crippen molar-refractivity contribution in [2.75, 3.05) is 32.8 Å². The molecule has 0 spiro atoms. The van der Waals surface area contributed by atoms with Gasteiger partial charge in [-0.3, -0.25) is 4.99 Å². The van der Waals surface area contributed by atoms with Gasteiger partial charge in [-0.2, -0.15) is 0 Å². The summed E-state index contributed by atoms with van der Waals surface area (Å²) in [5.74, 6) is 1.96. The van der Waals surface area contributed by atoms with E-state index in [1.165, 1.54) is 35.2 Å². The largest absolute Gasteiger partial charge is 0.494 e. The van der Waals surface area contributed by atoms with E-state index in [1.807, 2.05) is 13.8 Å². The average molecular weight is 453 g/mol. The first-order valence-corrected chi connectivity index (χ1v) is 12.4. The Morgan fingerprint density at radius 2 is 1.97 bits per heavy atom. The van der Waals surface area contributed by atoms with Gasteiger partial charge in [0.2, 0.25) is 0 Å². The third-order valence-corrected chi connectivity index (χ3v) is 5.55. The van der Waals surface area contributed by atoms with Crippen LogP contribution in [0.4, 0.5) is 0 Å². The number of nitrogens with two attached hydrogens (primary N) is 1. The molecule has 0 unspecified atom stereocenters. The number of allylic oxidation sites excluding steroid dienone is 2. The van der Waals surface area contributed by atoms with Crippen LogP contribution in [0.15, 0.2) is 59.8 Å². The van der Waals surface area contributed by atoms with E-state index >= 15 is 0 Å². The summed E-state index contributed by atoms with van der Waals surface area (Å²) in [7, 11) is 0. The highest BCUT2D eigenvalue weighted by Gasteiger charge is 2.17. The second-order valence-corrected chi connectivity index (χ2v) is 9.06. The Labute approximate surface area is 201 Å². The summed E-state index contributed by atoms with van der Waals surface area (Å²) < 4.78 is 6.02. The molecule has 182 valence electrons. The monoisotopic (exact) mass is 452 g/mol. The first-order chi connectivity index (χ1) is 16.0. The SMILES string of the molecule is C=C(C)C.C=C1CCc2ccc(OCCCNC3=NCCC=C3)cc2CN1CCCCCN. The Balaban J connectivity index is 0.000000890. The average Bonchev–Trinajstić information content (AvgIpc) is 2.95. The van der Waals surface area contributed by atoms with E-state index in [1.54, 1.807) is 0 Å². The molecule has 3 rings (SSSR count). The quantitative estimate of drug-likeness (QED) is 0.370. The predicted molar refractivity (Wildman–Crippen MR) is 142 cm³/mol. The second-order valence-electron chi connectivity index (χ2n) is 9.06. The summed E-state index contributed by atoms with van der Waals surface area (Å²) in [6, 6.07) is 6.57. The van der Waals surface area contributed by atoms with E-state index in [9.17, 15) is 0 Å². The lowest BCUT2D eigenvalue weighted by Crippen LogP contribution is -2.25. The Morgan fingerprint density at radius 1 is 1.15 bits per heavy atom. The zero-order valence-corrected chi connectivity index (χ0v) is 20.9. The fraction of sp³-hybridized carbons (Fsp3) is 0.536. The number of hydrogen-bond acceptors (Lipinski definition) is 5. The van der Waals surface area contributed by atoms with Crippen LogP contribution in [0, 0.1) is 0 Å². The second kappa shape index (κ2) is 15.3. The van der Waals surface area contributed by atoms with Gasteiger partial charge in [-0.25, -0.2) is 0 Å². The fourth-order valence-electron chi connectivity index (χ4n) is 3.80. The number of nitrogens with one attached hydrogen (secondary N) is 1. The molecule has 2 heterocycles. The molecule has 0 atom stereocenters. The van der Waals surface area contributed by atoms with Gasteiger partial charge in [-0.05, 0) is 88.3 Å². The number of rotatable bonds is 10. The number of dihydropyridines is 1. The zero-order valence-electron chi connectivity index (χ0n) is 20.9. The molecule has 0 bridgehead atoms. The topological polar surface area (TPSA) is 62.9 Å². The number of ether oxygens (including phenoxy) is 1. The minimum atomic E-state index is 0.707. The molecule has 2 aliphatic rings. The summed E-state index contributed by atoms with van der Waals surface area (Å²) in [4.78, 5) is 6.89. The first-order valence-electron chi connectivity index (χ1n) is 12.4. The van der Waals surface area contributed by atoms with Gasteiger partial charge in [0, 0.05) is 31.9 Å². The lowest BCUT2D eigenvalue weighted by molar-refractivity contribution is 0.307. The van der Waals surface area contributed by atoms with E-state index in [-0.39, 0.29) is 0 Å². The molecule has 0 fully saturated rings. The molecule has 5 heteroatoms. The van der Waals surface area contributed by atoms with Crippen LogP contribution in [0.3, 0.4) is 0 Å². The Morgan fingerprint density at radius 3 is 2.70 bits per heavy atom. The van der Waals surface area contributed by atoms with Crippen LogP contribution in [0.5, 0.6) is 5.75 Å². The number of aliphatic imine (C=N–C) groups is 1. The van der Waals surface area contributed by atoms with Gasteiger partial charge in [0.1, 0.15) is 11.6 Å². The van der Waals surface area contributed by atoms with Crippen LogP contribution in [-0.2, 0) is 13.0 Å². The molecular formula is C28H44N4O. The number of amidine groups is 1. The predicted octanol–water partition coefficient (Wildman–Crippen LogP) is 5.38. The maximum Gasteiger partial charge on any atom is 0.120 e. The fourth-order valence-corrected chi connectivity index (χ4v) is 3.80. The lowest BCUT2D eigenvalue weighted by atomic mass is 10.0. The molecule has 0 aromatic heterocycles. The van der Waals surface area contributed by atoms with Crippen molar-refractivity contribution in [1.29, 1.82) is 0 Å². The van der Waals surface area contributed by atoms with Crippen molar-refractivity contribution in [2.24, 2.45) is 10.7 Å². The Bertz CT molecular complexity index is 808. The molecule has 0 radical (unpaired) electrons. The van der Waals surface area contributed by atoms with E-state index in [4.69, 9.17) is 10.5 Å². The number of aryl methyl sites for hydroxylation is 1. The van der Waals surface area contributed by atoms with Crippen molar-refractivity contribution in [3.8, 4) is 5.75 Å². The van der Waals surface area contributed by atoms with Gasteiger partial charge in [0.05, 0.1) is 6.61 Å². The van der Waals surface area contributed by atoms with Crippen molar-refractivity contribution in [3.05, 3.63) is 65.9 Å². The van der Waals surface area contributed by atoms with Crippen molar-refractivity contribution >= 4 is 5.84 Å². The summed E-state index contributed by atoms with van der Waals surface area (Å²) in [5, 5.41) is 3.36. The third-order valence-electron chi connectivity index (χ3n) is 5.55. The van der Waals surface area contributed by atoms with Crippen molar-refractivity contribution < 1.29 is 4.74 Å². The molecule has 3 N–H and O–H groups in total. The minimum absolute atomic E-state index is 0.707. The summed E-state index contributed by atoms with van der Waals surface area (Å²) in [5.41, 5.74) is 10.8. The van der Waals surface area contributed by atoms with Crippen molar-refractivity contribution in [1.82, 2.24) is 10.2 Å². The standard InChI is InChI=1S/C24H36N4O.C4H8/c1-20-9-10-21-11-12-23(18-22(21)19-28(20)16-6-2-4-13-25)29-17-7-15-27-24-8-3-5-14-26-24;1-4(2)3/h3,8,11-12,18H,1-2,4-7,9-10,13-17,19,25H2,(H,26,27);1H2,2-3H3. The summed E-state index contributed by atoms with van der Waals surface area (Å²) in [6.07, 6.45) is 11.8. The van der Waals surface area contributed by atoms with Gasteiger partial charge in [-0.15, -0.1) is 6.58 Å². The first kappa shape index (κ1) is 26.7. The molecule has 0 amide bonds. The van der Waals surface area contributed by atoms with Crippen LogP contribution in [0.1, 0.15) is 63.5 Å². The Hall–Kier alpha value is -2.53. The van der Waals surface area contributed by atoms with Crippen LogP contribution in [0.25, 0.3) is 0 Å². The van der Waals surface area contributed by atoms with Crippen molar-refractivity contribution in [3.63, 3.8) is 0 Å². The van der Waals surface area contributed by atoms with Crippen LogP contribution in [-0.4, -0.2) is 43.5 Å². The molecule has 0 saturated carbocycles. The van der Waals surface area contributed by atoms with Gasteiger partial charge in [0.15, 0.2) is 0 Å². The molecule has 2 aliphatic heterocycles. The summed E-state index contributed by atoms with van der Waals surface area (Å²) >= 11 is 0. The molecule has 5 nitrogen and oxygen atoms in total. The number of fused-ring (bicyclic) bond motifs is 1. The number of benzene rings is 1.